The summed E-state index contributed by atoms with van der Waals surface area (Å²) in [5, 5.41) is 15.2. The van der Waals surface area contributed by atoms with Gasteiger partial charge in [0, 0.05) is 14.1 Å². The monoisotopic (exact) mass is 312 g/mol. The summed E-state index contributed by atoms with van der Waals surface area (Å²) in [5.74, 6) is 0.294. The Kier molecular flexibility index (Phi) is 4.16. The molecule has 0 unspecified atom stereocenters. The first-order chi connectivity index (χ1) is 10.3. The van der Waals surface area contributed by atoms with Crippen molar-refractivity contribution >= 4 is 11.8 Å². The van der Waals surface area contributed by atoms with Crippen LogP contribution >= 0.6 is 0 Å². The quantitative estimate of drug-likeness (QED) is 0.923. The van der Waals surface area contributed by atoms with E-state index in [1.54, 1.807) is 25.1 Å². The highest BCUT2D eigenvalue weighted by Crippen LogP contribution is 2.29. The number of nitriles is 1. The van der Waals surface area contributed by atoms with Crippen molar-refractivity contribution in [3.8, 4) is 6.07 Å². The van der Waals surface area contributed by atoms with Crippen LogP contribution in [0.2, 0.25) is 0 Å². The van der Waals surface area contributed by atoms with Gasteiger partial charge >= 0.3 is 6.18 Å². The average Bonchev–Trinajstić information content (AvgIpc) is 2.93. The number of halogens is 3. The number of pyridine rings is 1. The number of hydrogen-bond acceptors (Lipinski definition) is 7. The lowest BCUT2D eigenvalue weighted by molar-refractivity contribution is -0.141. The largest absolute Gasteiger partial charge is 0.433 e. The van der Waals surface area contributed by atoms with Crippen LogP contribution in [0.1, 0.15) is 17.1 Å². The number of hydrogen-bond donors (Lipinski definition) is 1. The summed E-state index contributed by atoms with van der Waals surface area (Å²) >= 11 is 0. The van der Waals surface area contributed by atoms with Crippen LogP contribution in [0.5, 0.6) is 0 Å². The average molecular weight is 312 g/mol. The summed E-state index contributed by atoms with van der Waals surface area (Å²) in [6, 6.07) is 3.57. The van der Waals surface area contributed by atoms with Gasteiger partial charge in [-0.1, -0.05) is 0 Å². The van der Waals surface area contributed by atoms with Crippen molar-refractivity contribution in [1.82, 2.24) is 15.1 Å². The maximum atomic E-state index is 12.6. The predicted octanol–water partition coefficient (Wildman–Crippen LogP) is 2.03. The Morgan fingerprint density at radius 1 is 1.32 bits per heavy atom. The molecule has 0 bridgehead atoms. The van der Waals surface area contributed by atoms with Crippen LogP contribution < -0.4 is 10.2 Å². The van der Waals surface area contributed by atoms with Gasteiger partial charge in [-0.15, -0.1) is 0 Å². The maximum Gasteiger partial charge on any atom is 0.433 e. The second kappa shape index (κ2) is 5.88. The minimum atomic E-state index is -4.59. The third kappa shape index (κ3) is 3.43. The van der Waals surface area contributed by atoms with Gasteiger partial charge in [0.05, 0.1) is 12.1 Å². The molecular weight excluding hydrogens is 301 g/mol. The molecular formula is C12H11F3N6O. The van der Waals surface area contributed by atoms with Crippen LogP contribution in [0.3, 0.4) is 0 Å². The fourth-order valence-corrected chi connectivity index (χ4v) is 1.50. The van der Waals surface area contributed by atoms with Crippen LogP contribution in [0.4, 0.5) is 24.9 Å². The number of nitrogens with zero attached hydrogens (tertiary/aromatic N) is 5. The van der Waals surface area contributed by atoms with Crippen LogP contribution in [0.15, 0.2) is 16.7 Å². The van der Waals surface area contributed by atoms with Gasteiger partial charge < -0.3 is 14.7 Å². The highest BCUT2D eigenvalue weighted by atomic mass is 19.4. The molecule has 10 heteroatoms. The zero-order valence-corrected chi connectivity index (χ0v) is 11.6. The summed E-state index contributed by atoms with van der Waals surface area (Å²) in [7, 11) is 3.43. The lowest BCUT2D eigenvalue weighted by Crippen LogP contribution is -2.12. The number of anilines is 2. The van der Waals surface area contributed by atoms with E-state index in [0.717, 1.165) is 12.1 Å². The van der Waals surface area contributed by atoms with Crippen molar-refractivity contribution in [1.29, 1.82) is 5.26 Å². The molecule has 0 atom stereocenters. The second-order valence-electron chi connectivity index (χ2n) is 4.44. The number of nitrogens with one attached hydrogen (secondary N) is 1. The molecule has 2 aromatic rings. The third-order valence-corrected chi connectivity index (χ3v) is 2.57. The molecule has 0 radical (unpaired) electrons. The van der Waals surface area contributed by atoms with Gasteiger partial charge in [0.2, 0.25) is 5.89 Å². The summed E-state index contributed by atoms with van der Waals surface area (Å²) in [6.07, 6.45) is -4.59. The van der Waals surface area contributed by atoms with Crippen molar-refractivity contribution in [2.24, 2.45) is 0 Å². The molecule has 2 rings (SSSR count). The zero-order chi connectivity index (χ0) is 16.3. The van der Waals surface area contributed by atoms with E-state index >= 15 is 0 Å². The molecule has 0 fully saturated rings. The van der Waals surface area contributed by atoms with Crippen molar-refractivity contribution < 1.29 is 17.7 Å². The van der Waals surface area contributed by atoms with Crippen LogP contribution in [-0.2, 0) is 12.7 Å². The molecule has 1 N–H and O–H groups in total. The minimum absolute atomic E-state index is 0.0136. The highest BCUT2D eigenvalue weighted by Gasteiger charge is 2.33. The van der Waals surface area contributed by atoms with Gasteiger partial charge in [0.15, 0.2) is 0 Å². The van der Waals surface area contributed by atoms with E-state index in [0.29, 0.717) is 5.95 Å². The second-order valence-corrected chi connectivity index (χ2v) is 4.44. The molecule has 2 aromatic heterocycles. The molecule has 7 nitrogen and oxygen atoms in total. The first kappa shape index (κ1) is 15.6. The van der Waals surface area contributed by atoms with Gasteiger partial charge in [0.25, 0.3) is 5.95 Å². The number of aromatic nitrogens is 3. The molecule has 22 heavy (non-hydrogen) atoms. The molecule has 0 aromatic carbocycles. The summed E-state index contributed by atoms with van der Waals surface area (Å²) in [4.78, 5) is 9.02. The predicted molar refractivity (Wildman–Crippen MR) is 69.9 cm³/mol. The molecule has 0 aliphatic carbocycles. The Morgan fingerprint density at radius 2 is 2.05 bits per heavy atom. The highest BCUT2D eigenvalue weighted by molar-refractivity contribution is 5.52. The lowest BCUT2D eigenvalue weighted by atomic mass is 10.2. The number of rotatable bonds is 4. The van der Waals surface area contributed by atoms with Crippen LogP contribution in [0.25, 0.3) is 0 Å². The van der Waals surface area contributed by atoms with E-state index in [2.05, 4.69) is 20.4 Å². The molecule has 0 aliphatic heterocycles. The van der Waals surface area contributed by atoms with E-state index in [-0.39, 0.29) is 23.8 Å². The van der Waals surface area contributed by atoms with E-state index in [4.69, 9.17) is 9.78 Å². The van der Waals surface area contributed by atoms with Crippen molar-refractivity contribution in [3.05, 3.63) is 29.3 Å². The molecule has 0 amide bonds. The summed E-state index contributed by atoms with van der Waals surface area (Å²) in [5.41, 5.74) is -1.10. The molecule has 2 heterocycles. The SMILES string of the molecule is CN(C)c1noc(CNc2nc(C(F)(F)F)ccc2C#N)n1. The Morgan fingerprint density at radius 3 is 2.59 bits per heavy atom. The van der Waals surface area contributed by atoms with Crippen molar-refractivity contribution in [2.75, 3.05) is 24.3 Å². The normalized spacial score (nSPS) is 11.1. The molecule has 0 saturated heterocycles. The molecule has 116 valence electrons. The Bertz CT molecular complexity index is 704. The van der Waals surface area contributed by atoms with Gasteiger partial charge in [-0.2, -0.15) is 23.4 Å². The Hall–Kier alpha value is -2.83. The van der Waals surface area contributed by atoms with E-state index in [9.17, 15) is 13.2 Å². The van der Waals surface area contributed by atoms with Gasteiger partial charge in [-0.05, 0) is 17.3 Å². The summed E-state index contributed by atoms with van der Waals surface area (Å²) < 4.78 is 42.8. The number of alkyl halides is 3. The molecule has 0 saturated carbocycles. The standard InChI is InChI=1S/C12H11F3N6O/c1-21(2)11-19-9(22-20-11)6-17-10-7(5-16)3-4-8(18-10)12(13,14)15/h3-4H,6H2,1-2H3,(H,17,18). The van der Waals surface area contributed by atoms with Crippen molar-refractivity contribution in [2.45, 2.75) is 12.7 Å². The Balaban J connectivity index is 2.19. The van der Waals surface area contributed by atoms with E-state index < -0.39 is 11.9 Å². The molecule has 0 aliphatic rings. The first-order valence-electron chi connectivity index (χ1n) is 6.03. The lowest BCUT2D eigenvalue weighted by Gasteiger charge is -2.09. The van der Waals surface area contributed by atoms with E-state index in [1.165, 1.54) is 0 Å². The Labute approximate surface area is 123 Å². The van der Waals surface area contributed by atoms with Crippen molar-refractivity contribution in [3.63, 3.8) is 0 Å². The first-order valence-corrected chi connectivity index (χ1v) is 6.03. The fraction of sp³-hybridized carbons (Fsp3) is 0.333. The fourth-order valence-electron chi connectivity index (χ4n) is 1.50. The third-order valence-electron chi connectivity index (χ3n) is 2.57. The molecule has 0 spiro atoms. The summed E-state index contributed by atoms with van der Waals surface area (Å²) in [6.45, 7) is -0.0518. The van der Waals surface area contributed by atoms with Crippen LogP contribution in [-0.4, -0.2) is 29.2 Å². The van der Waals surface area contributed by atoms with Crippen LogP contribution in [0, 0.1) is 11.3 Å². The minimum Gasteiger partial charge on any atom is -0.360 e. The maximum absolute atomic E-state index is 12.6. The van der Waals surface area contributed by atoms with Gasteiger partial charge in [-0.3, -0.25) is 0 Å². The van der Waals surface area contributed by atoms with E-state index in [1.807, 2.05) is 0 Å². The topological polar surface area (TPSA) is 90.9 Å². The van der Waals surface area contributed by atoms with Gasteiger partial charge in [-0.25, -0.2) is 4.98 Å². The zero-order valence-electron chi connectivity index (χ0n) is 11.6. The smallest absolute Gasteiger partial charge is 0.360 e. The van der Waals surface area contributed by atoms with Gasteiger partial charge in [0.1, 0.15) is 17.6 Å².